The minimum Gasteiger partial charge on any atom is -0.380 e. The van der Waals surface area contributed by atoms with Crippen LogP contribution in [0, 0.1) is 17.3 Å². The van der Waals surface area contributed by atoms with E-state index in [1.54, 1.807) is 0 Å². The summed E-state index contributed by atoms with van der Waals surface area (Å²) in [5, 5.41) is 3.74. The van der Waals surface area contributed by atoms with Crippen LogP contribution in [-0.2, 0) is 4.74 Å². The fourth-order valence-electron chi connectivity index (χ4n) is 2.68. The summed E-state index contributed by atoms with van der Waals surface area (Å²) in [6, 6.07) is 0.758. The molecule has 0 bridgehead atoms. The highest BCUT2D eigenvalue weighted by molar-refractivity contribution is 4.86. The van der Waals surface area contributed by atoms with Crippen molar-refractivity contribution in [1.82, 2.24) is 5.32 Å². The molecule has 0 radical (unpaired) electrons. The summed E-state index contributed by atoms with van der Waals surface area (Å²) in [6.45, 7) is 10.1. The van der Waals surface area contributed by atoms with Crippen molar-refractivity contribution in [3.63, 3.8) is 0 Å². The highest BCUT2D eigenvalue weighted by Gasteiger charge is 2.34. The molecule has 3 unspecified atom stereocenters. The van der Waals surface area contributed by atoms with E-state index in [9.17, 15) is 0 Å². The van der Waals surface area contributed by atoms with Crippen molar-refractivity contribution in [2.45, 2.75) is 46.1 Å². The second-order valence-corrected chi connectivity index (χ2v) is 6.15. The minimum atomic E-state index is 0.423. The monoisotopic (exact) mass is 211 g/mol. The molecule has 2 heteroatoms. The van der Waals surface area contributed by atoms with Crippen molar-refractivity contribution in [3.8, 4) is 0 Å². The summed E-state index contributed by atoms with van der Waals surface area (Å²) in [5.41, 5.74) is 0.423. The standard InChI is InChI=1S/C13H25NO/c1-10-4-5-12(6-11(10)2)14-7-13(3)8-15-9-13/h10-12,14H,4-9H2,1-3H3. The van der Waals surface area contributed by atoms with Gasteiger partial charge in [0.2, 0.25) is 0 Å². The molecule has 2 aliphatic rings. The Morgan fingerprint density at radius 1 is 1.20 bits per heavy atom. The second-order valence-electron chi connectivity index (χ2n) is 6.15. The molecule has 1 N–H and O–H groups in total. The van der Waals surface area contributed by atoms with Crippen LogP contribution in [0.15, 0.2) is 0 Å². The van der Waals surface area contributed by atoms with Crippen LogP contribution in [0.5, 0.6) is 0 Å². The Kier molecular flexibility index (Phi) is 3.36. The molecule has 1 aliphatic heterocycles. The van der Waals surface area contributed by atoms with E-state index >= 15 is 0 Å². The molecule has 3 atom stereocenters. The van der Waals surface area contributed by atoms with Crippen molar-refractivity contribution in [1.29, 1.82) is 0 Å². The van der Waals surface area contributed by atoms with Crippen LogP contribution < -0.4 is 5.32 Å². The molecule has 88 valence electrons. The Hall–Kier alpha value is -0.0800. The lowest BCUT2D eigenvalue weighted by Crippen LogP contribution is -2.50. The van der Waals surface area contributed by atoms with Gasteiger partial charge in [-0.25, -0.2) is 0 Å². The first-order chi connectivity index (χ1) is 7.09. The van der Waals surface area contributed by atoms with Gasteiger partial charge in [-0.1, -0.05) is 20.8 Å². The summed E-state index contributed by atoms with van der Waals surface area (Å²) in [7, 11) is 0. The maximum absolute atomic E-state index is 5.28. The highest BCUT2D eigenvalue weighted by atomic mass is 16.5. The van der Waals surface area contributed by atoms with Gasteiger partial charge in [0, 0.05) is 18.0 Å². The third-order valence-electron chi connectivity index (χ3n) is 4.32. The van der Waals surface area contributed by atoms with E-state index < -0.39 is 0 Å². The molecule has 0 aromatic carbocycles. The smallest absolute Gasteiger partial charge is 0.0554 e. The molecule has 2 fully saturated rings. The van der Waals surface area contributed by atoms with Gasteiger partial charge in [-0.15, -0.1) is 0 Å². The molecule has 2 rings (SSSR count). The first-order valence-electron chi connectivity index (χ1n) is 6.40. The Labute approximate surface area is 93.8 Å². The first kappa shape index (κ1) is 11.4. The summed E-state index contributed by atoms with van der Waals surface area (Å²) < 4.78 is 5.28. The first-order valence-corrected chi connectivity index (χ1v) is 6.40. The van der Waals surface area contributed by atoms with Crippen LogP contribution in [0.4, 0.5) is 0 Å². The number of rotatable bonds is 3. The van der Waals surface area contributed by atoms with Crippen LogP contribution >= 0.6 is 0 Å². The molecular weight excluding hydrogens is 186 g/mol. The SMILES string of the molecule is CC1CCC(NCC2(C)COC2)CC1C. The Balaban J connectivity index is 1.71. The molecule has 0 aromatic rings. The average Bonchev–Trinajstić information content (AvgIpc) is 2.17. The third-order valence-corrected chi connectivity index (χ3v) is 4.32. The lowest BCUT2D eigenvalue weighted by atomic mass is 9.78. The van der Waals surface area contributed by atoms with Crippen LogP contribution in [0.25, 0.3) is 0 Å². The van der Waals surface area contributed by atoms with Gasteiger partial charge in [-0.3, -0.25) is 0 Å². The second kappa shape index (κ2) is 4.42. The van der Waals surface area contributed by atoms with Gasteiger partial charge in [0.25, 0.3) is 0 Å². The van der Waals surface area contributed by atoms with Crippen molar-refractivity contribution in [2.24, 2.45) is 17.3 Å². The van der Waals surface area contributed by atoms with Gasteiger partial charge in [-0.05, 0) is 31.1 Å². The van der Waals surface area contributed by atoms with E-state index in [4.69, 9.17) is 4.74 Å². The van der Waals surface area contributed by atoms with Crippen molar-refractivity contribution in [3.05, 3.63) is 0 Å². The molecule has 2 nitrogen and oxygen atoms in total. The van der Waals surface area contributed by atoms with Crippen LogP contribution in [0.1, 0.15) is 40.0 Å². The van der Waals surface area contributed by atoms with Gasteiger partial charge in [0.15, 0.2) is 0 Å². The molecule has 15 heavy (non-hydrogen) atoms. The van der Waals surface area contributed by atoms with Crippen LogP contribution in [-0.4, -0.2) is 25.8 Å². The summed E-state index contributed by atoms with van der Waals surface area (Å²) in [5.74, 6) is 1.81. The highest BCUT2D eigenvalue weighted by Crippen LogP contribution is 2.31. The summed E-state index contributed by atoms with van der Waals surface area (Å²) >= 11 is 0. The van der Waals surface area contributed by atoms with E-state index in [1.807, 2.05) is 0 Å². The van der Waals surface area contributed by atoms with E-state index in [1.165, 1.54) is 19.3 Å². The van der Waals surface area contributed by atoms with E-state index in [-0.39, 0.29) is 0 Å². The van der Waals surface area contributed by atoms with Gasteiger partial charge < -0.3 is 10.1 Å². The number of ether oxygens (including phenoxy) is 1. The molecule has 0 aromatic heterocycles. The van der Waals surface area contributed by atoms with E-state index in [0.29, 0.717) is 5.41 Å². The molecular formula is C13H25NO. The summed E-state index contributed by atoms with van der Waals surface area (Å²) in [4.78, 5) is 0. The zero-order valence-electron chi connectivity index (χ0n) is 10.4. The molecule has 1 heterocycles. The maximum atomic E-state index is 5.28. The molecule has 0 spiro atoms. The molecule has 0 amide bonds. The fourth-order valence-corrected chi connectivity index (χ4v) is 2.68. The average molecular weight is 211 g/mol. The number of hydrogen-bond donors (Lipinski definition) is 1. The Morgan fingerprint density at radius 3 is 2.47 bits per heavy atom. The lowest BCUT2D eigenvalue weighted by Gasteiger charge is -2.41. The predicted octanol–water partition coefficient (Wildman–Crippen LogP) is 2.44. The maximum Gasteiger partial charge on any atom is 0.0554 e. The van der Waals surface area contributed by atoms with Crippen LogP contribution in [0.2, 0.25) is 0 Å². The van der Waals surface area contributed by atoms with Gasteiger partial charge in [0.1, 0.15) is 0 Å². The number of nitrogens with one attached hydrogen (secondary N) is 1. The quantitative estimate of drug-likeness (QED) is 0.774. The predicted molar refractivity (Wildman–Crippen MR) is 62.9 cm³/mol. The van der Waals surface area contributed by atoms with Gasteiger partial charge >= 0.3 is 0 Å². The van der Waals surface area contributed by atoms with E-state index in [0.717, 1.165) is 37.6 Å². The van der Waals surface area contributed by atoms with Crippen molar-refractivity contribution >= 4 is 0 Å². The normalized spacial score (nSPS) is 39.8. The van der Waals surface area contributed by atoms with Crippen molar-refractivity contribution in [2.75, 3.05) is 19.8 Å². The van der Waals surface area contributed by atoms with Crippen molar-refractivity contribution < 1.29 is 4.74 Å². The minimum absolute atomic E-state index is 0.423. The zero-order chi connectivity index (χ0) is 10.9. The Bertz CT molecular complexity index is 213. The number of hydrogen-bond acceptors (Lipinski definition) is 2. The largest absolute Gasteiger partial charge is 0.380 e. The van der Waals surface area contributed by atoms with Gasteiger partial charge in [0.05, 0.1) is 13.2 Å². The molecule has 1 aliphatic carbocycles. The Morgan fingerprint density at radius 2 is 1.93 bits per heavy atom. The summed E-state index contributed by atoms with van der Waals surface area (Å²) in [6.07, 6.45) is 4.12. The third kappa shape index (κ3) is 2.73. The fraction of sp³-hybridized carbons (Fsp3) is 1.00. The molecule has 1 saturated carbocycles. The topological polar surface area (TPSA) is 21.3 Å². The van der Waals surface area contributed by atoms with E-state index in [2.05, 4.69) is 26.1 Å². The van der Waals surface area contributed by atoms with Gasteiger partial charge in [-0.2, -0.15) is 0 Å². The molecule has 1 saturated heterocycles. The lowest BCUT2D eigenvalue weighted by molar-refractivity contribution is -0.101. The van der Waals surface area contributed by atoms with Crippen LogP contribution in [0.3, 0.4) is 0 Å². The zero-order valence-corrected chi connectivity index (χ0v) is 10.4.